The molecule has 1 unspecified atom stereocenters. The molecule has 0 saturated carbocycles. The second-order valence-corrected chi connectivity index (χ2v) is 6.25. The van der Waals surface area contributed by atoms with Gasteiger partial charge in [-0.1, -0.05) is 12.1 Å². The van der Waals surface area contributed by atoms with Crippen LogP contribution in [0.25, 0.3) is 0 Å². The van der Waals surface area contributed by atoms with E-state index in [-0.39, 0.29) is 17.4 Å². The highest BCUT2D eigenvalue weighted by atomic mass is 19.1. The number of imidazole rings is 1. The van der Waals surface area contributed by atoms with Crippen molar-refractivity contribution in [2.24, 2.45) is 0 Å². The normalized spacial score (nSPS) is 17.9. The lowest BCUT2D eigenvalue weighted by molar-refractivity contribution is 0.0786. The van der Waals surface area contributed by atoms with E-state index in [0.29, 0.717) is 13.1 Å². The van der Waals surface area contributed by atoms with Crippen molar-refractivity contribution >= 4 is 5.91 Å². The van der Waals surface area contributed by atoms with Crippen molar-refractivity contribution in [3.8, 4) is 0 Å². The van der Waals surface area contributed by atoms with Gasteiger partial charge in [-0.25, -0.2) is 9.37 Å². The Balaban J connectivity index is 1.67. The summed E-state index contributed by atoms with van der Waals surface area (Å²) >= 11 is 0. The molecular formula is C17H21FN4O. The van der Waals surface area contributed by atoms with Crippen molar-refractivity contribution in [3.05, 3.63) is 53.4 Å². The summed E-state index contributed by atoms with van der Waals surface area (Å²) in [6, 6.07) is 6.13. The van der Waals surface area contributed by atoms with E-state index in [1.165, 1.54) is 12.1 Å². The number of H-pyrrole nitrogens is 1. The first kappa shape index (κ1) is 15.7. The molecule has 23 heavy (non-hydrogen) atoms. The second kappa shape index (κ2) is 6.50. The average molecular weight is 316 g/mol. The minimum atomic E-state index is -0.466. The molecule has 0 bridgehead atoms. The number of halogens is 1. The van der Waals surface area contributed by atoms with Gasteiger partial charge in [0, 0.05) is 37.4 Å². The lowest BCUT2D eigenvalue weighted by Crippen LogP contribution is -2.29. The minimum Gasteiger partial charge on any atom is -0.345 e. The molecule has 1 atom stereocenters. The first-order chi connectivity index (χ1) is 11.0. The van der Waals surface area contributed by atoms with Gasteiger partial charge in [0.05, 0.1) is 5.56 Å². The van der Waals surface area contributed by atoms with Crippen LogP contribution in [0.4, 0.5) is 4.39 Å². The van der Waals surface area contributed by atoms with Gasteiger partial charge in [0.1, 0.15) is 11.6 Å². The van der Waals surface area contributed by atoms with Gasteiger partial charge < -0.3 is 14.8 Å². The Morgan fingerprint density at radius 3 is 2.96 bits per heavy atom. The van der Waals surface area contributed by atoms with E-state index in [2.05, 4.69) is 14.9 Å². The molecule has 1 aliphatic rings. The maximum absolute atomic E-state index is 13.8. The lowest BCUT2D eigenvalue weighted by Gasteiger charge is -2.16. The number of aromatic amines is 1. The molecule has 1 fully saturated rings. The van der Waals surface area contributed by atoms with Crippen LogP contribution in [-0.4, -0.2) is 52.9 Å². The summed E-state index contributed by atoms with van der Waals surface area (Å²) in [5.41, 5.74) is 1.20. The standard InChI is InChI=1S/C17H21FN4O/c1-21(2)11-13-9-19-16(20-13)12-7-8-22(10-12)17(23)14-5-3-4-6-15(14)18/h3-6,9,12H,7-8,10-11H2,1-2H3,(H,19,20). The number of hydrogen-bond donors (Lipinski definition) is 1. The maximum Gasteiger partial charge on any atom is 0.256 e. The molecule has 0 spiro atoms. The van der Waals surface area contributed by atoms with Crippen molar-refractivity contribution in [1.82, 2.24) is 19.8 Å². The zero-order chi connectivity index (χ0) is 16.4. The Kier molecular flexibility index (Phi) is 4.43. The Hall–Kier alpha value is -2.21. The van der Waals surface area contributed by atoms with E-state index in [1.807, 2.05) is 20.3 Å². The van der Waals surface area contributed by atoms with Crippen LogP contribution in [-0.2, 0) is 6.54 Å². The van der Waals surface area contributed by atoms with Crippen molar-refractivity contribution < 1.29 is 9.18 Å². The monoisotopic (exact) mass is 316 g/mol. The van der Waals surface area contributed by atoms with Crippen molar-refractivity contribution in [1.29, 1.82) is 0 Å². The highest BCUT2D eigenvalue weighted by molar-refractivity contribution is 5.94. The lowest BCUT2D eigenvalue weighted by atomic mass is 10.1. The fourth-order valence-electron chi connectivity index (χ4n) is 2.98. The van der Waals surface area contributed by atoms with E-state index in [0.717, 1.165) is 24.5 Å². The quantitative estimate of drug-likeness (QED) is 0.941. The van der Waals surface area contributed by atoms with Crippen LogP contribution in [0.5, 0.6) is 0 Å². The van der Waals surface area contributed by atoms with Gasteiger partial charge in [0.15, 0.2) is 0 Å². The SMILES string of the molecule is CN(C)Cc1cnc(C2CCN(C(=O)c3ccccc3F)C2)[nH]1. The summed E-state index contributed by atoms with van der Waals surface area (Å²) in [5.74, 6) is 0.380. The predicted octanol–water partition coefficient (Wildman–Crippen LogP) is 2.24. The zero-order valence-corrected chi connectivity index (χ0v) is 13.4. The van der Waals surface area contributed by atoms with Crippen LogP contribution in [0.15, 0.2) is 30.5 Å². The van der Waals surface area contributed by atoms with E-state index >= 15 is 0 Å². The molecule has 2 aromatic rings. The molecular weight excluding hydrogens is 295 g/mol. The molecule has 0 radical (unpaired) electrons. The smallest absolute Gasteiger partial charge is 0.256 e. The Bertz CT molecular complexity index is 697. The number of carbonyl (C=O) groups excluding carboxylic acids is 1. The summed E-state index contributed by atoms with van der Waals surface area (Å²) < 4.78 is 13.8. The van der Waals surface area contributed by atoms with Crippen LogP contribution in [0.2, 0.25) is 0 Å². The average Bonchev–Trinajstić information content (AvgIpc) is 3.15. The van der Waals surface area contributed by atoms with E-state index < -0.39 is 5.82 Å². The van der Waals surface area contributed by atoms with Crippen molar-refractivity contribution in [2.45, 2.75) is 18.9 Å². The van der Waals surface area contributed by atoms with E-state index in [4.69, 9.17) is 0 Å². The summed E-state index contributed by atoms with van der Waals surface area (Å²) in [6.07, 6.45) is 2.69. The van der Waals surface area contributed by atoms with Gasteiger partial charge in [-0.2, -0.15) is 0 Å². The van der Waals surface area contributed by atoms with Gasteiger partial charge in [-0.15, -0.1) is 0 Å². The number of nitrogens with zero attached hydrogens (tertiary/aromatic N) is 3. The number of aromatic nitrogens is 2. The van der Waals surface area contributed by atoms with E-state index in [9.17, 15) is 9.18 Å². The molecule has 6 heteroatoms. The molecule has 3 rings (SSSR count). The first-order valence-corrected chi connectivity index (χ1v) is 7.77. The molecule has 5 nitrogen and oxygen atoms in total. The first-order valence-electron chi connectivity index (χ1n) is 7.77. The number of carbonyl (C=O) groups is 1. The van der Waals surface area contributed by atoms with Gasteiger partial charge in [-0.05, 0) is 32.6 Å². The van der Waals surface area contributed by atoms with Gasteiger partial charge in [-0.3, -0.25) is 4.79 Å². The Morgan fingerprint density at radius 1 is 1.43 bits per heavy atom. The molecule has 1 aliphatic heterocycles. The van der Waals surface area contributed by atoms with Crippen LogP contribution >= 0.6 is 0 Å². The molecule has 1 aromatic heterocycles. The second-order valence-electron chi connectivity index (χ2n) is 6.25. The number of hydrogen-bond acceptors (Lipinski definition) is 3. The zero-order valence-electron chi connectivity index (χ0n) is 13.4. The van der Waals surface area contributed by atoms with Crippen LogP contribution in [0, 0.1) is 5.82 Å². The molecule has 2 heterocycles. The number of rotatable bonds is 4. The van der Waals surface area contributed by atoms with Gasteiger partial charge in [0.2, 0.25) is 0 Å². The van der Waals surface area contributed by atoms with Crippen molar-refractivity contribution in [3.63, 3.8) is 0 Å². The van der Waals surface area contributed by atoms with Crippen LogP contribution in [0.1, 0.15) is 34.2 Å². The number of likely N-dealkylation sites (tertiary alicyclic amines) is 1. The highest BCUT2D eigenvalue weighted by Gasteiger charge is 2.30. The highest BCUT2D eigenvalue weighted by Crippen LogP contribution is 2.26. The maximum atomic E-state index is 13.8. The summed E-state index contributed by atoms with van der Waals surface area (Å²) in [4.78, 5) is 24.0. The fraction of sp³-hybridized carbons (Fsp3) is 0.412. The summed E-state index contributed by atoms with van der Waals surface area (Å²) in [6.45, 7) is 2.00. The fourth-order valence-corrected chi connectivity index (χ4v) is 2.98. The molecule has 122 valence electrons. The summed E-state index contributed by atoms with van der Waals surface area (Å²) in [7, 11) is 4.01. The van der Waals surface area contributed by atoms with Gasteiger partial charge in [0.25, 0.3) is 5.91 Å². The topological polar surface area (TPSA) is 52.2 Å². The molecule has 1 aromatic carbocycles. The largest absolute Gasteiger partial charge is 0.345 e. The Labute approximate surface area is 135 Å². The molecule has 1 N–H and O–H groups in total. The third-order valence-electron chi connectivity index (χ3n) is 4.10. The van der Waals surface area contributed by atoms with Crippen molar-refractivity contribution in [2.75, 3.05) is 27.2 Å². The number of amides is 1. The summed E-state index contributed by atoms with van der Waals surface area (Å²) in [5, 5.41) is 0. The Morgan fingerprint density at radius 2 is 2.22 bits per heavy atom. The molecule has 1 saturated heterocycles. The van der Waals surface area contributed by atoms with Gasteiger partial charge >= 0.3 is 0 Å². The third kappa shape index (κ3) is 3.42. The number of nitrogens with one attached hydrogen (secondary N) is 1. The van der Waals surface area contributed by atoms with Crippen LogP contribution < -0.4 is 0 Å². The van der Waals surface area contributed by atoms with Crippen LogP contribution in [0.3, 0.4) is 0 Å². The number of benzene rings is 1. The molecule has 0 aliphatic carbocycles. The third-order valence-corrected chi connectivity index (χ3v) is 4.10. The predicted molar refractivity (Wildman–Crippen MR) is 85.6 cm³/mol. The van der Waals surface area contributed by atoms with E-state index in [1.54, 1.807) is 17.0 Å². The minimum absolute atomic E-state index is 0.140. The molecule has 1 amide bonds.